The molecular weight excluding hydrogens is 244 g/mol. The summed E-state index contributed by atoms with van der Waals surface area (Å²) in [6.07, 6.45) is 3.30. The molecule has 2 heterocycles. The van der Waals surface area contributed by atoms with Crippen molar-refractivity contribution in [2.24, 2.45) is 0 Å². The second-order valence-corrected chi connectivity index (χ2v) is 3.86. The van der Waals surface area contributed by atoms with Gasteiger partial charge in [0.2, 0.25) is 0 Å². The Hall–Kier alpha value is -2.50. The SMILES string of the molecule is CCOC(=O)c1c(C)nc(-c2cccnc2)nc1N. The maximum Gasteiger partial charge on any atom is 0.343 e. The number of nitrogen functional groups attached to an aromatic ring is 1. The Morgan fingerprint density at radius 3 is 2.79 bits per heavy atom. The quantitative estimate of drug-likeness (QED) is 0.841. The molecule has 2 aromatic rings. The molecule has 0 spiro atoms. The van der Waals surface area contributed by atoms with Gasteiger partial charge in [0, 0.05) is 18.0 Å². The topological polar surface area (TPSA) is 91.0 Å². The van der Waals surface area contributed by atoms with E-state index in [2.05, 4.69) is 15.0 Å². The second kappa shape index (κ2) is 5.43. The molecule has 0 fully saturated rings. The van der Waals surface area contributed by atoms with E-state index in [9.17, 15) is 4.79 Å². The van der Waals surface area contributed by atoms with Crippen molar-refractivity contribution in [2.45, 2.75) is 13.8 Å². The van der Waals surface area contributed by atoms with Gasteiger partial charge >= 0.3 is 5.97 Å². The van der Waals surface area contributed by atoms with E-state index >= 15 is 0 Å². The van der Waals surface area contributed by atoms with Gasteiger partial charge < -0.3 is 10.5 Å². The van der Waals surface area contributed by atoms with Crippen molar-refractivity contribution in [3.05, 3.63) is 35.8 Å². The zero-order valence-corrected chi connectivity index (χ0v) is 10.8. The van der Waals surface area contributed by atoms with Crippen molar-refractivity contribution in [2.75, 3.05) is 12.3 Å². The first-order chi connectivity index (χ1) is 9.13. The third-order valence-corrected chi connectivity index (χ3v) is 2.52. The van der Waals surface area contributed by atoms with Crippen LogP contribution in [0.3, 0.4) is 0 Å². The molecule has 98 valence electrons. The van der Waals surface area contributed by atoms with Gasteiger partial charge in [0.15, 0.2) is 5.82 Å². The lowest BCUT2D eigenvalue weighted by Crippen LogP contribution is -2.13. The Morgan fingerprint density at radius 2 is 2.21 bits per heavy atom. The molecule has 19 heavy (non-hydrogen) atoms. The molecule has 0 aliphatic carbocycles. The van der Waals surface area contributed by atoms with Crippen molar-refractivity contribution in [1.29, 1.82) is 0 Å². The number of hydrogen-bond donors (Lipinski definition) is 1. The lowest BCUT2D eigenvalue weighted by atomic mass is 10.2. The van der Waals surface area contributed by atoms with E-state index in [1.807, 2.05) is 6.07 Å². The van der Waals surface area contributed by atoms with Crippen LogP contribution in [0.4, 0.5) is 5.82 Å². The summed E-state index contributed by atoms with van der Waals surface area (Å²) in [6, 6.07) is 3.61. The van der Waals surface area contributed by atoms with Gasteiger partial charge in [-0.2, -0.15) is 0 Å². The highest BCUT2D eigenvalue weighted by Gasteiger charge is 2.18. The third-order valence-electron chi connectivity index (χ3n) is 2.52. The largest absolute Gasteiger partial charge is 0.462 e. The highest BCUT2D eigenvalue weighted by atomic mass is 16.5. The average molecular weight is 258 g/mol. The van der Waals surface area contributed by atoms with E-state index in [1.165, 1.54) is 0 Å². The minimum atomic E-state index is -0.504. The van der Waals surface area contributed by atoms with Crippen LogP contribution >= 0.6 is 0 Å². The molecule has 0 saturated heterocycles. The van der Waals surface area contributed by atoms with E-state index < -0.39 is 5.97 Å². The molecule has 0 bridgehead atoms. The van der Waals surface area contributed by atoms with Gasteiger partial charge in [-0.3, -0.25) is 4.98 Å². The number of anilines is 1. The molecule has 2 N–H and O–H groups in total. The van der Waals surface area contributed by atoms with Crippen molar-refractivity contribution in [3.8, 4) is 11.4 Å². The number of pyridine rings is 1. The Bertz CT molecular complexity index is 576. The maximum atomic E-state index is 11.7. The third kappa shape index (κ3) is 2.67. The zero-order valence-electron chi connectivity index (χ0n) is 10.8. The fourth-order valence-electron chi connectivity index (χ4n) is 1.67. The first kappa shape index (κ1) is 12.9. The van der Waals surface area contributed by atoms with Crippen LogP contribution in [0.25, 0.3) is 11.4 Å². The molecule has 6 heteroatoms. The van der Waals surface area contributed by atoms with Gasteiger partial charge in [-0.1, -0.05) is 0 Å². The fourth-order valence-corrected chi connectivity index (χ4v) is 1.67. The minimum absolute atomic E-state index is 0.116. The van der Waals surface area contributed by atoms with Crippen LogP contribution in [-0.4, -0.2) is 27.5 Å². The molecule has 0 aliphatic rings. The Balaban J connectivity index is 2.45. The van der Waals surface area contributed by atoms with Crippen molar-refractivity contribution >= 4 is 11.8 Å². The summed E-state index contributed by atoms with van der Waals surface area (Å²) in [5.41, 5.74) is 7.27. The highest BCUT2D eigenvalue weighted by Crippen LogP contribution is 2.20. The summed E-state index contributed by atoms with van der Waals surface area (Å²) in [4.78, 5) is 24.1. The van der Waals surface area contributed by atoms with Crippen LogP contribution in [-0.2, 0) is 4.74 Å². The van der Waals surface area contributed by atoms with E-state index in [-0.39, 0.29) is 18.0 Å². The van der Waals surface area contributed by atoms with Gasteiger partial charge in [-0.05, 0) is 26.0 Å². The van der Waals surface area contributed by atoms with Crippen molar-refractivity contribution in [1.82, 2.24) is 15.0 Å². The molecule has 0 atom stereocenters. The molecule has 0 aromatic carbocycles. The van der Waals surface area contributed by atoms with Crippen LogP contribution < -0.4 is 5.73 Å². The van der Waals surface area contributed by atoms with Crippen LogP contribution in [0.2, 0.25) is 0 Å². The number of aromatic nitrogens is 3. The van der Waals surface area contributed by atoms with Gasteiger partial charge in [-0.25, -0.2) is 14.8 Å². The number of hydrogen-bond acceptors (Lipinski definition) is 6. The normalized spacial score (nSPS) is 10.2. The summed E-state index contributed by atoms with van der Waals surface area (Å²) in [5, 5.41) is 0. The summed E-state index contributed by atoms with van der Waals surface area (Å²) in [5.74, 6) is 0.0520. The van der Waals surface area contributed by atoms with Crippen molar-refractivity contribution < 1.29 is 9.53 Å². The molecule has 0 saturated carbocycles. The van der Waals surface area contributed by atoms with Gasteiger partial charge in [0.05, 0.1) is 12.3 Å². The highest BCUT2D eigenvalue weighted by molar-refractivity contribution is 5.95. The zero-order chi connectivity index (χ0) is 13.8. The first-order valence-corrected chi connectivity index (χ1v) is 5.85. The van der Waals surface area contributed by atoms with Crippen LogP contribution in [0, 0.1) is 6.92 Å². The summed E-state index contributed by atoms with van der Waals surface area (Å²) >= 11 is 0. The number of nitrogens with zero attached hydrogens (tertiary/aromatic N) is 3. The van der Waals surface area contributed by atoms with Crippen LogP contribution in [0.5, 0.6) is 0 Å². The lowest BCUT2D eigenvalue weighted by molar-refractivity contribution is 0.0526. The standard InChI is InChI=1S/C13H14N4O2/c1-3-19-13(18)10-8(2)16-12(17-11(10)14)9-5-4-6-15-7-9/h4-7H,3H2,1-2H3,(H2,14,16,17). The number of ether oxygens (including phenoxy) is 1. The predicted octanol–water partition coefficient (Wildman–Crippen LogP) is 1.61. The summed E-state index contributed by atoms with van der Waals surface area (Å²) < 4.78 is 4.92. The van der Waals surface area contributed by atoms with Gasteiger partial charge in [0.25, 0.3) is 0 Å². The van der Waals surface area contributed by atoms with E-state index in [0.717, 1.165) is 5.56 Å². The smallest absolute Gasteiger partial charge is 0.343 e. The van der Waals surface area contributed by atoms with Gasteiger partial charge in [-0.15, -0.1) is 0 Å². The van der Waals surface area contributed by atoms with Crippen LogP contribution in [0.15, 0.2) is 24.5 Å². The Morgan fingerprint density at radius 1 is 1.42 bits per heavy atom. The van der Waals surface area contributed by atoms with Crippen LogP contribution in [0.1, 0.15) is 23.0 Å². The maximum absolute atomic E-state index is 11.7. The number of esters is 1. The lowest BCUT2D eigenvalue weighted by Gasteiger charge is -2.09. The minimum Gasteiger partial charge on any atom is -0.462 e. The summed E-state index contributed by atoms with van der Waals surface area (Å²) in [6.45, 7) is 3.71. The predicted molar refractivity (Wildman–Crippen MR) is 70.4 cm³/mol. The molecule has 2 rings (SSSR count). The molecular formula is C13H14N4O2. The molecule has 2 aromatic heterocycles. The molecule has 0 radical (unpaired) electrons. The van der Waals surface area contributed by atoms with E-state index in [4.69, 9.17) is 10.5 Å². The number of aryl methyl sites for hydroxylation is 1. The number of carbonyl (C=O) groups is 1. The Labute approximate surface area is 110 Å². The number of nitrogens with two attached hydrogens (primary N) is 1. The summed E-state index contributed by atoms with van der Waals surface area (Å²) in [7, 11) is 0. The number of carbonyl (C=O) groups excluding carboxylic acids is 1. The average Bonchev–Trinajstić information content (AvgIpc) is 2.39. The second-order valence-electron chi connectivity index (χ2n) is 3.86. The van der Waals surface area contributed by atoms with E-state index in [0.29, 0.717) is 11.5 Å². The molecule has 6 nitrogen and oxygen atoms in total. The van der Waals surface area contributed by atoms with Crippen molar-refractivity contribution in [3.63, 3.8) is 0 Å². The fraction of sp³-hybridized carbons (Fsp3) is 0.231. The molecule has 0 amide bonds. The monoisotopic (exact) mass is 258 g/mol. The first-order valence-electron chi connectivity index (χ1n) is 5.85. The van der Waals surface area contributed by atoms with Gasteiger partial charge in [0.1, 0.15) is 11.4 Å². The van der Waals surface area contributed by atoms with E-state index in [1.54, 1.807) is 32.3 Å². The number of rotatable bonds is 3. The molecule has 0 unspecified atom stereocenters. The molecule has 0 aliphatic heterocycles. The Kier molecular flexibility index (Phi) is 3.70.